The Labute approximate surface area is 142 Å². The summed E-state index contributed by atoms with van der Waals surface area (Å²) in [5.41, 5.74) is 4.28. The SMILES string of the molecule is C[C@@H](CO)N(C)C(=O)Nc1ccccc1N1CCc2ccccc21. The van der Waals surface area contributed by atoms with Crippen LogP contribution in [0.5, 0.6) is 0 Å². The van der Waals surface area contributed by atoms with Crippen molar-refractivity contribution in [3.8, 4) is 0 Å². The zero-order valence-corrected chi connectivity index (χ0v) is 14.1. The molecule has 0 fully saturated rings. The van der Waals surface area contributed by atoms with Crippen LogP contribution in [-0.2, 0) is 6.42 Å². The van der Waals surface area contributed by atoms with Crippen LogP contribution in [0.25, 0.3) is 0 Å². The van der Waals surface area contributed by atoms with Gasteiger partial charge in [-0.2, -0.15) is 0 Å². The minimum Gasteiger partial charge on any atom is -0.394 e. The number of aliphatic hydroxyl groups is 1. The van der Waals surface area contributed by atoms with Crippen LogP contribution in [0, 0.1) is 0 Å². The van der Waals surface area contributed by atoms with Crippen LogP contribution >= 0.6 is 0 Å². The number of carbonyl (C=O) groups excluding carboxylic acids is 1. The van der Waals surface area contributed by atoms with Crippen molar-refractivity contribution in [2.45, 2.75) is 19.4 Å². The van der Waals surface area contributed by atoms with E-state index in [-0.39, 0.29) is 18.7 Å². The Bertz CT molecular complexity index is 732. The molecule has 1 aliphatic heterocycles. The van der Waals surface area contributed by atoms with Gasteiger partial charge in [0.25, 0.3) is 0 Å². The molecule has 0 saturated carbocycles. The summed E-state index contributed by atoms with van der Waals surface area (Å²) in [6.07, 6.45) is 1.000. The molecule has 0 aromatic heterocycles. The molecule has 1 aliphatic rings. The number of para-hydroxylation sites is 3. The Morgan fingerprint density at radius 3 is 2.62 bits per heavy atom. The highest BCUT2D eigenvalue weighted by atomic mass is 16.3. The van der Waals surface area contributed by atoms with Crippen LogP contribution in [0.15, 0.2) is 48.5 Å². The first-order chi connectivity index (χ1) is 11.6. The van der Waals surface area contributed by atoms with Gasteiger partial charge in [0.2, 0.25) is 0 Å². The van der Waals surface area contributed by atoms with Gasteiger partial charge in [0.1, 0.15) is 0 Å². The maximum Gasteiger partial charge on any atom is 0.321 e. The van der Waals surface area contributed by atoms with Gasteiger partial charge in [-0.1, -0.05) is 30.3 Å². The summed E-state index contributed by atoms with van der Waals surface area (Å²) in [5.74, 6) is 0. The number of fused-ring (bicyclic) bond motifs is 1. The lowest BCUT2D eigenvalue weighted by molar-refractivity contribution is 0.166. The largest absolute Gasteiger partial charge is 0.394 e. The second kappa shape index (κ2) is 6.93. The summed E-state index contributed by atoms with van der Waals surface area (Å²) < 4.78 is 0. The monoisotopic (exact) mass is 325 g/mol. The van der Waals surface area contributed by atoms with Gasteiger partial charge in [-0.05, 0) is 37.1 Å². The van der Waals surface area contributed by atoms with Gasteiger partial charge in [-0.15, -0.1) is 0 Å². The molecular formula is C19H23N3O2. The van der Waals surface area contributed by atoms with Crippen LogP contribution < -0.4 is 10.2 Å². The molecule has 5 nitrogen and oxygen atoms in total. The van der Waals surface area contributed by atoms with Crippen LogP contribution in [0.3, 0.4) is 0 Å². The standard InChI is InChI=1S/C19H23N3O2/c1-14(13-23)21(2)19(24)20-16-8-4-6-10-18(16)22-12-11-15-7-3-5-9-17(15)22/h3-10,14,23H,11-13H2,1-2H3,(H,20,24)/t14-/m0/s1. The molecule has 0 bridgehead atoms. The van der Waals surface area contributed by atoms with Gasteiger partial charge in [-0.3, -0.25) is 0 Å². The molecule has 0 aliphatic carbocycles. The molecule has 24 heavy (non-hydrogen) atoms. The van der Waals surface area contributed by atoms with Gasteiger partial charge in [0, 0.05) is 19.3 Å². The van der Waals surface area contributed by atoms with E-state index in [4.69, 9.17) is 0 Å². The molecule has 0 unspecified atom stereocenters. The third-order valence-corrected chi connectivity index (χ3v) is 4.57. The fraction of sp³-hybridized carbons (Fsp3) is 0.316. The van der Waals surface area contributed by atoms with E-state index in [2.05, 4.69) is 28.4 Å². The summed E-state index contributed by atoms with van der Waals surface area (Å²) in [6, 6.07) is 15.7. The lowest BCUT2D eigenvalue weighted by Gasteiger charge is -2.26. The fourth-order valence-electron chi connectivity index (χ4n) is 2.93. The van der Waals surface area contributed by atoms with Gasteiger partial charge in [0.15, 0.2) is 0 Å². The normalized spacial score (nSPS) is 14.2. The topological polar surface area (TPSA) is 55.8 Å². The number of aliphatic hydroxyl groups excluding tert-OH is 1. The Balaban J connectivity index is 1.86. The van der Waals surface area contributed by atoms with Crippen molar-refractivity contribution in [3.63, 3.8) is 0 Å². The van der Waals surface area contributed by atoms with Gasteiger partial charge in [-0.25, -0.2) is 4.79 Å². The van der Waals surface area contributed by atoms with Crippen molar-refractivity contribution in [1.29, 1.82) is 0 Å². The quantitative estimate of drug-likeness (QED) is 0.907. The summed E-state index contributed by atoms with van der Waals surface area (Å²) in [7, 11) is 1.68. The molecule has 1 atom stereocenters. The Morgan fingerprint density at radius 2 is 1.88 bits per heavy atom. The van der Waals surface area contributed by atoms with Crippen LogP contribution in [-0.4, -0.2) is 42.3 Å². The van der Waals surface area contributed by atoms with Gasteiger partial charge < -0.3 is 20.2 Å². The van der Waals surface area contributed by atoms with Crippen LogP contribution in [0.2, 0.25) is 0 Å². The molecule has 2 amide bonds. The number of nitrogens with one attached hydrogen (secondary N) is 1. The minimum atomic E-state index is -0.232. The molecule has 3 rings (SSSR count). The number of anilines is 3. The molecule has 0 radical (unpaired) electrons. The molecule has 0 saturated heterocycles. The third-order valence-electron chi connectivity index (χ3n) is 4.57. The van der Waals surface area contributed by atoms with E-state index >= 15 is 0 Å². The number of amides is 2. The van der Waals surface area contributed by atoms with Gasteiger partial charge >= 0.3 is 6.03 Å². The van der Waals surface area contributed by atoms with E-state index in [1.165, 1.54) is 16.2 Å². The number of nitrogens with zero attached hydrogens (tertiary/aromatic N) is 2. The smallest absolute Gasteiger partial charge is 0.321 e. The molecule has 0 spiro atoms. The molecular weight excluding hydrogens is 302 g/mol. The molecule has 1 heterocycles. The first-order valence-corrected chi connectivity index (χ1v) is 8.21. The highest BCUT2D eigenvalue weighted by Crippen LogP contribution is 2.38. The van der Waals surface area contributed by atoms with Crippen LogP contribution in [0.4, 0.5) is 21.9 Å². The van der Waals surface area contributed by atoms with Crippen molar-refractivity contribution in [2.75, 3.05) is 30.4 Å². The number of hydrogen-bond acceptors (Lipinski definition) is 3. The van der Waals surface area contributed by atoms with Crippen molar-refractivity contribution in [2.24, 2.45) is 0 Å². The molecule has 126 valence electrons. The maximum atomic E-state index is 12.4. The summed E-state index contributed by atoms with van der Waals surface area (Å²) in [5, 5.41) is 12.2. The lowest BCUT2D eigenvalue weighted by atomic mass is 10.2. The molecule has 5 heteroatoms. The summed E-state index contributed by atoms with van der Waals surface area (Å²) in [6.45, 7) is 2.64. The number of carbonyl (C=O) groups is 1. The van der Waals surface area contributed by atoms with E-state index in [0.29, 0.717) is 0 Å². The zero-order chi connectivity index (χ0) is 17.1. The zero-order valence-electron chi connectivity index (χ0n) is 14.1. The number of benzene rings is 2. The maximum absolute atomic E-state index is 12.4. The van der Waals surface area contributed by atoms with E-state index in [0.717, 1.165) is 24.3 Å². The fourth-order valence-corrected chi connectivity index (χ4v) is 2.93. The summed E-state index contributed by atoms with van der Waals surface area (Å²) in [4.78, 5) is 16.2. The first kappa shape index (κ1) is 16.3. The van der Waals surface area contributed by atoms with Crippen molar-refractivity contribution >= 4 is 23.1 Å². The van der Waals surface area contributed by atoms with E-state index in [9.17, 15) is 9.90 Å². The van der Waals surface area contributed by atoms with E-state index < -0.39 is 0 Å². The average Bonchev–Trinajstić information content (AvgIpc) is 3.04. The average molecular weight is 325 g/mol. The Hall–Kier alpha value is -2.53. The predicted octanol–water partition coefficient (Wildman–Crippen LogP) is 3.23. The van der Waals surface area contributed by atoms with Crippen molar-refractivity contribution in [3.05, 3.63) is 54.1 Å². The Kier molecular flexibility index (Phi) is 4.71. The van der Waals surface area contributed by atoms with E-state index in [1.807, 2.05) is 37.3 Å². The second-order valence-electron chi connectivity index (χ2n) is 6.12. The highest BCUT2D eigenvalue weighted by molar-refractivity contribution is 5.94. The number of urea groups is 1. The highest BCUT2D eigenvalue weighted by Gasteiger charge is 2.23. The van der Waals surface area contributed by atoms with E-state index in [1.54, 1.807) is 7.05 Å². The first-order valence-electron chi connectivity index (χ1n) is 8.21. The number of hydrogen-bond donors (Lipinski definition) is 2. The second-order valence-corrected chi connectivity index (χ2v) is 6.12. The third kappa shape index (κ3) is 3.08. The number of rotatable bonds is 4. The minimum absolute atomic E-state index is 0.0644. The lowest BCUT2D eigenvalue weighted by Crippen LogP contribution is -2.40. The molecule has 2 aromatic rings. The van der Waals surface area contributed by atoms with Crippen LogP contribution in [0.1, 0.15) is 12.5 Å². The number of likely N-dealkylation sites (N-methyl/N-ethyl adjacent to an activating group) is 1. The summed E-state index contributed by atoms with van der Waals surface area (Å²) >= 11 is 0. The van der Waals surface area contributed by atoms with Crippen molar-refractivity contribution < 1.29 is 9.90 Å². The Morgan fingerprint density at radius 1 is 1.21 bits per heavy atom. The molecule has 2 aromatic carbocycles. The van der Waals surface area contributed by atoms with Crippen molar-refractivity contribution in [1.82, 2.24) is 4.90 Å². The molecule has 2 N–H and O–H groups in total. The predicted molar refractivity (Wildman–Crippen MR) is 96.9 cm³/mol. The van der Waals surface area contributed by atoms with Gasteiger partial charge in [0.05, 0.1) is 24.0 Å².